The van der Waals surface area contributed by atoms with Gasteiger partial charge in [0.25, 0.3) is 5.56 Å². The molecular formula is C17H15FN4O. The van der Waals surface area contributed by atoms with E-state index in [9.17, 15) is 9.18 Å². The first-order valence-corrected chi connectivity index (χ1v) is 7.35. The molecule has 2 N–H and O–H groups in total. The average Bonchev–Trinajstić information content (AvgIpc) is 2.92. The Bertz CT molecular complexity index is 1130. The van der Waals surface area contributed by atoms with Crippen LogP contribution in [0, 0.1) is 5.82 Å². The summed E-state index contributed by atoms with van der Waals surface area (Å²) in [5.74, 6) is 0.312. The molecule has 0 saturated carbocycles. The molecule has 5 nitrogen and oxygen atoms in total. The van der Waals surface area contributed by atoms with Gasteiger partial charge >= 0.3 is 0 Å². The number of hydrogen-bond acceptors (Lipinski definition) is 3. The maximum absolute atomic E-state index is 13.7. The van der Waals surface area contributed by atoms with Gasteiger partial charge in [0.1, 0.15) is 17.2 Å². The van der Waals surface area contributed by atoms with Gasteiger partial charge in [-0.05, 0) is 18.2 Å². The van der Waals surface area contributed by atoms with Crippen molar-refractivity contribution < 1.29 is 4.39 Å². The molecule has 116 valence electrons. The van der Waals surface area contributed by atoms with Gasteiger partial charge in [-0.3, -0.25) is 9.89 Å². The molecule has 4 aromatic rings. The smallest absolute Gasteiger partial charge is 0.270 e. The second-order valence-corrected chi connectivity index (χ2v) is 6.72. The summed E-state index contributed by atoms with van der Waals surface area (Å²) in [6.45, 7) is 6.10. The number of halogens is 1. The Labute approximate surface area is 130 Å². The van der Waals surface area contributed by atoms with Crippen LogP contribution in [0.25, 0.3) is 32.6 Å². The molecule has 0 bridgehead atoms. The van der Waals surface area contributed by atoms with Crippen LogP contribution in [-0.2, 0) is 5.41 Å². The van der Waals surface area contributed by atoms with E-state index in [0.717, 1.165) is 5.39 Å². The van der Waals surface area contributed by atoms with E-state index in [2.05, 4.69) is 20.2 Å². The van der Waals surface area contributed by atoms with Crippen molar-refractivity contribution in [1.29, 1.82) is 0 Å². The summed E-state index contributed by atoms with van der Waals surface area (Å²) >= 11 is 0. The Morgan fingerprint density at radius 3 is 2.43 bits per heavy atom. The quantitative estimate of drug-likeness (QED) is 0.489. The van der Waals surface area contributed by atoms with E-state index in [4.69, 9.17) is 0 Å². The van der Waals surface area contributed by atoms with E-state index in [1.54, 1.807) is 12.3 Å². The maximum Gasteiger partial charge on any atom is 0.270 e. The van der Waals surface area contributed by atoms with Gasteiger partial charge in [0, 0.05) is 27.8 Å². The second kappa shape index (κ2) is 4.38. The van der Waals surface area contributed by atoms with Crippen LogP contribution < -0.4 is 5.56 Å². The highest BCUT2D eigenvalue weighted by atomic mass is 19.1. The third kappa shape index (κ3) is 1.94. The highest BCUT2D eigenvalue weighted by Gasteiger charge is 2.22. The molecular weight excluding hydrogens is 295 g/mol. The van der Waals surface area contributed by atoms with Gasteiger partial charge in [-0.25, -0.2) is 14.4 Å². The van der Waals surface area contributed by atoms with Crippen LogP contribution in [0.2, 0.25) is 0 Å². The van der Waals surface area contributed by atoms with Crippen LogP contribution in [-0.4, -0.2) is 20.2 Å². The molecule has 0 atom stereocenters. The third-order valence-corrected chi connectivity index (χ3v) is 3.99. The van der Waals surface area contributed by atoms with E-state index in [1.165, 1.54) is 12.1 Å². The third-order valence-electron chi connectivity index (χ3n) is 3.99. The SMILES string of the molecule is CC(C)(C)c1nc2c3ccc(F)cc3c3c(=O)[nH][nH]cc3c2n1. The van der Waals surface area contributed by atoms with E-state index in [-0.39, 0.29) is 16.8 Å². The first-order chi connectivity index (χ1) is 10.9. The van der Waals surface area contributed by atoms with Crippen molar-refractivity contribution in [1.82, 2.24) is 20.2 Å². The van der Waals surface area contributed by atoms with Crippen molar-refractivity contribution in [2.75, 3.05) is 0 Å². The molecule has 0 aliphatic heterocycles. The summed E-state index contributed by atoms with van der Waals surface area (Å²) in [5.41, 5.74) is 0.825. The van der Waals surface area contributed by atoms with E-state index in [1.807, 2.05) is 20.8 Å². The zero-order chi connectivity index (χ0) is 16.4. The minimum atomic E-state index is -0.388. The number of hydrogen-bond donors (Lipinski definition) is 2. The zero-order valence-electron chi connectivity index (χ0n) is 13.0. The number of rotatable bonds is 0. The molecule has 0 fully saturated rings. The average molecular weight is 310 g/mol. The number of fused-ring (bicyclic) bond motifs is 6. The van der Waals surface area contributed by atoms with Crippen molar-refractivity contribution in [3.63, 3.8) is 0 Å². The molecule has 2 heterocycles. The highest BCUT2D eigenvalue weighted by Crippen LogP contribution is 2.33. The molecule has 4 rings (SSSR count). The zero-order valence-corrected chi connectivity index (χ0v) is 13.0. The maximum atomic E-state index is 13.7. The summed E-state index contributed by atoms with van der Waals surface area (Å²) in [4.78, 5) is 21.6. The summed E-state index contributed by atoms with van der Waals surface area (Å²) in [5, 5.41) is 7.60. The number of aromatic nitrogens is 4. The summed E-state index contributed by atoms with van der Waals surface area (Å²) in [6, 6.07) is 4.41. The van der Waals surface area contributed by atoms with E-state index in [0.29, 0.717) is 33.0 Å². The minimum absolute atomic E-state index is 0.220. The Hall–Kier alpha value is -2.76. The molecule has 2 aromatic carbocycles. The fourth-order valence-corrected chi connectivity index (χ4v) is 2.87. The summed E-state index contributed by atoms with van der Waals surface area (Å²) in [7, 11) is 0. The molecule has 0 unspecified atom stereocenters. The van der Waals surface area contributed by atoms with Gasteiger partial charge in [-0.15, -0.1) is 0 Å². The summed E-state index contributed by atoms with van der Waals surface area (Å²) < 4.78 is 13.7. The fraction of sp³-hybridized carbons (Fsp3) is 0.235. The molecule has 0 saturated heterocycles. The Morgan fingerprint density at radius 1 is 1.04 bits per heavy atom. The topological polar surface area (TPSA) is 74.4 Å². The predicted octanol–water partition coefficient (Wildman–Crippen LogP) is 3.39. The van der Waals surface area contributed by atoms with Crippen LogP contribution in [0.3, 0.4) is 0 Å². The van der Waals surface area contributed by atoms with E-state index >= 15 is 0 Å². The Kier molecular flexibility index (Phi) is 2.64. The van der Waals surface area contributed by atoms with Crippen LogP contribution in [0.5, 0.6) is 0 Å². The lowest BCUT2D eigenvalue weighted by molar-refractivity contribution is 0.554. The predicted molar refractivity (Wildman–Crippen MR) is 88.2 cm³/mol. The second-order valence-electron chi connectivity index (χ2n) is 6.72. The van der Waals surface area contributed by atoms with Crippen molar-refractivity contribution in [2.45, 2.75) is 26.2 Å². The molecule has 0 spiro atoms. The van der Waals surface area contributed by atoms with Gasteiger partial charge in [0.2, 0.25) is 0 Å². The normalized spacial score (nSPS) is 12.5. The monoisotopic (exact) mass is 310 g/mol. The minimum Gasteiger partial charge on any atom is -0.305 e. The number of aromatic amines is 2. The Balaban J connectivity index is 2.34. The lowest BCUT2D eigenvalue weighted by Gasteiger charge is -2.12. The van der Waals surface area contributed by atoms with Gasteiger partial charge in [0.05, 0.1) is 10.9 Å². The molecule has 2 aromatic heterocycles. The number of benzene rings is 2. The first kappa shape index (κ1) is 13.9. The van der Waals surface area contributed by atoms with Crippen molar-refractivity contribution in [3.8, 4) is 0 Å². The summed E-state index contributed by atoms with van der Waals surface area (Å²) in [6.07, 6.45) is 1.67. The van der Waals surface area contributed by atoms with Crippen molar-refractivity contribution in [2.24, 2.45) is 0 Å². The first-order valence-electron chi connectivity index (χ1n) is 7.35. The number of nitrogens with zero attached hydrogens (tertiary/aromatic N) is 2. The van der Waals surface area contributed by atoms with Crippen LogP contribution >= 0.6 is 0 Å². The fourth-order valence-electron chi connectivity index (χ4n) is 2.87. The van der Waals surface area contributed by atoms with Crippen LogP contribution in [0.1, 0.15) is 26.6 Å². The number of H-pyrrole nitrogens is 2. The van der Waals surface area contributed by atoms with Gasteiger partial charge < -0.3 is 5.10 Å². The van der Waals surface area contributed by atoms with Gasteiger partial charge in [0.15, 0.2) is 0 Å². The lowest BCUT2D eigenvalue weighted by Crippen LogP contribution is -2.13. The van der Waals surface area contributed by atoms with E-state index < -0.39 is 0 Å². The van der Waals surface area contributed by atoms with Crippen LogP contribution in [0.15, 0.2) is 29.2 Å². The molecule has 0 aliphatic carbocycles. The van der Waals surface area contributed by atoms with Gasteiger partial charge in [-0.2, -0.15) is 0 Å². The lowest BCUT2D eigenvalue weighted by atomic mass is 9.96. The molecule has 23 heavy (non-hydrogen) atoms. The molecule has 6 heteroatoms. The number of nitrogens with one attached hydrogen (secondary N) is 2. The Morgan fingerprint density at radius 2 is 1.74 bits per heavy atom. The standard InChI is InChI=1S/C17H15FN4O/c1-17(2,3)16-20-13-9-5-4-8(18)6-10(9)12-11(14(13)21-16)7-19-22-15(12)23/h4-7,19H,1-3H3,(H,22,23). The molecule has 0 radical (unpaired) electrons. The van der Waals surface area contributed by atoms with Crippen molar-refractivity contribution >= 4 is 32.6 Å². The molecule has 0 amide bonds. The van der Waals surface area contributed by atoms with Crippen molar-refractivity contribution in [3.05, 3.63) is 46.4 Å². The molecule has 0 aliphatic rings. The number of imidazole rings is 1. The van der Waals surface area contributed by atoms with Crippen LogP contribution in [0.4, 0.5) is 4.39 Å². The highest BCUT2D eigenvalue weighted by molar-refractivity contribution is 6.22. The van der Waals surface area contributed by atoms with Gasteiger partial charge in [-0.1, -0.05) is 20.8 Å². The largest absolute Gasteiger partial charge is 0.305 e.